The Balaban J connectivity index is 1.58. The molecule has 1 atom stereocenters. The van der Waals surface area contributed by atoms with Crippen molar-refractivity contribution < 1.29 is 9.59 Å². The molecule has 3 rings (SSSR count). The van der Waals surface area contributed by atoms with Gasteiger partial charge in [-0.1, -0.05) is 32.0 Å². The van der Waals surface area contributed by atoms with Gasteiger partial charge in [0.2, 0.25) is 11.8 Å². The number of rotatable bonds is 6. The smallest absolute Gasteiger partial charge is 0.238 e. The summed E-state index contributed by atoms with van der Waals surface area (Å²) in [6.07, 6.45) is 3.99. The molecule has 1 aliphatic heterocycles. The molecule has 2 aliphatic rings. The number of nitrogens with zero attached hydrogens (tertiary/aromatic N) is 1. The Morgan fingerprint density at radius 1 is 1.21 bits per heavy atom. The summed E-state index contributed by atoms with van der Waals surface area (Å²) in [6, 6.07) is 8.12. The van der Waals surface area contributed by atoms with Crippen LogP contribution >= 0.6 is 0 Å². The number of nitrogens with one attached hydrogen (secondary N) is 2. The predicted octanol–water partition coefficient (Wildman–Crippen LogP) is 2.49. The lowest BCUT2D eigenvalue weighted by molar-refractivity contribution is -0.126. The Morgan fingerprint density at radius 3 is 2.67 bits per heavy atom. The van der Waals surface area contributed by atoms with Crippen LogP contribution in [0.3, 0.4) is 0 Å². The molecule has 0 radical (unpaired) electrons. The first kappa shape index (κ1) is 17.0. The van der Waals surface area contributed by atoms with Crippen molar-refractivity contribution in [3.8, 4) is 0 Å². The van der Waals surface area contributed by atoms with Crippen molar-refractivity contribution in [2.24, 2.45) is 0 Å². The molecule has 130 valence electrons. The molecule has 1 unspecified atom stereocenters. The van der Waals surface area contributed by atoms with E-state index in [1.54, 1.807) is 0 Å². The molecule has 1 saturated carbocycles. The molecular formula is C19H27N3O2. The van der Waals surface area contributed by atoms with Gasteiger partial charge in [0.15, 0.2) is 0 Å². The van der Waals surface area contributed by atoms with Gasteiger partial charge in [-0.2, -0.15) is 0 Å². The summed E-state index contributed by atoms with van der Waals surface area (Å²) >= 11 is 0. The van der Waals surface area contributed by atoms with E-state index >= 15 is 0 Å². The van der Waals surface area contributed by atoms with Crippen molar-refractivity contribution in [1.29, 1.82) is 0 Å². The Hall–Kier alpha value is -1.88. The van der Waals surface area contributed by atoms with Crippen LogP contribution in [0.4, 0.5) is 5.69 Å². The third-order valence-corrected chi connectivity index (χ3v) is 4.79. The second kappa shape index (κ2) is 7.34. The summed E-state index contributed by atoms with van der Waals surface area (Å²) < 4.78 is 0. The first-order valence-electron chi connectivity index (χ1n) is 8.98. The number of hydrogen-bond acceptors (Lipinski definition) is 3. The van der Waals surface area contributed by atoms with Crippen molar-refractivity contribution in [2.75, 3.05) is 18.4 Å². The molecule has 5 nitrogen and oxygen atoms in total. The highest BCUT2D eigenvalue weighted by Gasteiger charge is 2.34. The first-order valence-corrected chi connectivity index (χ1v) is 8.98. The zero-order valence-electron chi connectivity index (χ0n) is 14.5. The standard InChI is InChI=1S/C19H27N3O2/c1-13(2)15-6-3-4-7-16(15)21-18(23)12-22-11-5-8-17(22)19(24)20-14-9-10-14/h3-4,6-7,13-14,17H,5,8-12H2,1-2H3,(H,20,24)(H,21,23). The summed E-state index contributed by atoms with van der Waals surface area (Å²) in [7, 11) is 0. The number of likely N-dealkylation sites (tertiary alicyclic amines) is 1. The molecule has 2 amide bonds. The average molecular weight is 329 g/mol. The van der Waals surface area contributed by atoms with E-state index in [9.17, 15) is 9.59 Å². The molecule has 0 spiro atoms. The van der Waals surface area contributed by atoms with Crippen LogP contribution in [-0.4, -0.2) is 41.9 Å². The van der Waals surface area contributed by atoms with Gasteiger partial charge in [-0.15, -0.1) is 0 Å². The van der Waals surface area contributed by atoms with Crippen LogP contribution in [0.2, 0.25) is 0 Å². The summed E-state index contributed by atoms with van der Waals surface area (Å²) in [5.74, 6) is 0.393. The largest absolute Gasteiger partial charge is 0.352 e. The summed E-state index contributed by atoms with van der Waals surface area (Å²) in [5.41, 5.74) is 2.01. The van der Waals surface area contributed by atoms with Gasteiger partial charge in [0, 0.05) is 11.7 Å². The number of carbonyl (C=O) groups is 2. The summed E-state index contributed by atoms with van der Waals surface area (Å²) in [4.78, 5) is 26.8. The highest BCUT2D eigenvalue weighted by atomic mass is 16.2. The van der Waals surface area contributed by atoms with Gasteiger partial charge in [0.1, 0.15) is 0 Å². The number of hydrogen-bond donors (Lipinski definition) is 2. The van der Waals surface area contributed by atoms with Crippen LogP contribution in [-0.2, 0) is 9.59 Å². The van der Waals surface area contributed by atoms with Crippen LogP contribution in [0.25, 0.3) is 0 Å². The molecule has 1 aromatic rings. The molecule has 0 bridgehead atoms. The van der Waals surface area contributed by atoms with E-state index < -0.39 is 0 Å². The van der Waals surface area contributed by atoms with Crippen LogP contribution in [0, 0.1) is 0 Å². The molecule has 24 heavy (non-hydrogen) atoms. The molecule has 2 fully saturated rings. The minimum Gasteiger partial charge on any atom is -0.352 e. The fourth-order valence-corrected chi connectivity index (χ4v) is 3.33. The number of benzene rings is 1. The Morgan fingerprint density at radius 2 is 1.96 bits per heavy atom. The van der Waals surface area contributed by atoms with E-state index in [-0.39, 0.29) is 24.4 Å². The second-order valence-electron chi connectivity index (χ2n) is 7.20. The lowest BCUT2D eigenvalue weighted by Gasteiger charge is -2.23. The predicted molar refractivity (Wildman–Crippen MR) is 94.9 cm³/mol. The molecule has 2 N–H and O–H groups in total. The van der Waals surface area contributed by atoms with Crippen molar-refractivity contribution >= 4 is 17.5 Å². The van der Waals surface area contributed by atoms with Crippen molar-refractivity contribution in [1.82, 2.24) is 10.2 Å². The fourth-order valence-electron chi connectivity index (χ4n) is 3.33. The SMILES string of the molecule is CC(C)c1ccccc1NC(=O)CN1CCCC1C(=O)NC1CC1. The fraction of sp³-hybridized carbons (Fsp3) is 0.579. The van der Waals surface area contributed by atoms with Crippen LogP contribution in [0.15, 0.2) is 24.3 Å². The lowest BCUT2D eigenvalue weighted by Crippen LogP contribution is -2.46. The number of carbonyl (C=O) groups excluding carboxylic acids is 2. The van der Waals surface area contributed by atoms with Gasteiger partial charge >= 0.3 is 0 Å². The van der Waals surface area contributed by atoms with Crippen LogP contribution in [0.5, 0.6) is 0 Å². The van der Waals surface area contributed by atoms with Crippen molar-refractivity contribution in [2.45, 2.75) is 57.5 Å². The quantitative estimate of drug-likeness (QED) is 0.843. The van der Waals surface area contributed by atoms with Crippen LogP contribution in [0.1, 0.15) is 51.0 Å². The molecular weight excluding hydrogens is 302 g/mol. The van der Waals surface area contributed by atoms with Gasteiger partial charge in [-0.05, 0) is 49.8 Å². The summed E-state index contributed by atoms with van der Waals surface area (Å²) in [5, 5.41) is 6.08. The van der Waals surface area contributed by atoms with E-state index in [0.717, 1.165) is 43.5 Å². The maximum Gasteiger partial charge on any atom is 0.238 e. The Bertz CT molecular complexity index is 610. The minimum atomic E-state index is -0.156. The summed E-state index contributed by atoms with van der Waals surface area (Å²) in [6.45, 7) is 5.31. The topological polar surface area (TPSA) is 61.4 Å². The van der Waals surface area contributed by atoms with E-state index in [2.05, 4.69) is 24.5 Å². The number of amides is 2. The molecule has 5 heteroatoms. The van der Waals surface area contributed by atoms with E-state index in [0.29, 0.717) is 12.0 Å². The Kier molecular flexibility index (Phi) is 5.19. The van der Waals surface area contributed by atoms with Crippen molar-refractivity contribution in [3.05, 3.63) is 29.8 Å². The minimum absolute atomic E-state index is 0.0470. The molecule has 1 aromatic carbocycles. The molecule has 1 saturated heterocycles. The highest BCUT2D eigenvalue weighted by molar-refractivity contribution is 5.93. The van der Waals surface area contributed by atoms with Gasteiger partial charge in [0.05, 0.1) is 12.6 Å². The zero-order valence-corrected chi connectivity index (χ0v) is 14.5. The zero-order chi connectivity index (χ0) is 17.1. The van der Waals surface area contributed by atoms with Gasteiger partial charge < -0.3 is 10.6 Å². The monoisotopic (exact) mass is 329 g/mol. The third-order valence-electron chi connectivity index (χ3n) is 4.79. The average Bonchev–Trinajstić information content (AvgIpc) is 3.23. The highest BCUT2D eigenvalue weighted by Crippen LogP contribution is 2.25. The molecule has 1 heterocycles. The van der Waals surface area contributed by atoms with E-state index in [1.807, 2.05) is 29.2 Å². The van der Waals surface area contributed by atoms with E-state index in [4.69, 9.17) is 0 Å². The maximum absolute atomic E-state index is 12.5. The third kappa shape index (κ3) is 4.15. The maximum atomic E-state index is 12.5. The van der Waals surface area contributed by atoms with Gasteiger partial charge in [-0.25, -0.2) is 0 Å². The first-order chi connectivity index (χ1) is 11.5. The Labute approximate surface area is 143 Å². The molecule has 0 aromatic heterocycles. The number of para-hydroxylation sites is 1. The van der Waals surface area contributed by atoms with Gasteiger partial charge in [0.25, 0.3) is 0 Å². The second-order valence-corrected chi connectivity index (χ2v) is 7.20. The lowest BCUT2D eigenvalue weighted by atomic mass is 10.0. The van der Waals surface area contributed by atoms with Crippen molar-refractivity contribution in [3.63, 3.8) is 0 Å². The van der Waals surface area contributed by atoms with Crippen LogP contribution < -0.4 is 10.6 Å². The normalized spacial score (nSPS) is 21.0. The van der Waals surface area contributed by atoms with E-state index in [1.165, 1.54) is 0 Å². The molecule has 1 aliphatic carbocycles. The van der Waals surface area contributed by atoms with Gasteiger partial charge in [-0.3, -0.25) is 14.5 Å². The number of anilines is 1.